The predicted octanol–water partition coefficient (Wildman–Crippen LogP) is 2.09. The Morgan fingerprint density at radius 1 is 1.44 bits per heavy atom. The molecule has 5 heteroatoms. The highest BCUT2D eigenvalue weighted by Gasteiger charge is 2.24. The Kier molecular flexibility index (Phi) is 4.26. The molecule has 0 atom stereocenters. The summed E-state index contributed by atoms with van der Waals surface area (Å²) < 4.78 is 0.899. The molecule has 0 radical (unpaired) electrons. The summed E-state index contributed by atoms with van der Waals surface area (Å²) in [4.78, 5) is 12.2. The predicted molar refractivity (Wildman–Crippen MR) is 77.5 cm³/mol. The quantitative estimate of drug-likeness (QED) is 0.650. The highest BCUT2D eigenvalue weighted by Crippen LogP contribution is 2.13. The Bertz CT molecular complexity index is 432. The van der Waals surface area contributed by atoms with E-state index in [1.54, 1.807) is 19.9 Å². The van der Waals surface area contributed by atoms with Gasteiger partial charge in [-0.25, -0.2) is 0 Å². The SMILES string of the molecule is CC(C)(NC(=O)c1ccccc1I)C(N)=S. The van der Waals surface area contributed by atoms with Crippen LogP contribution in [0.1, 0.15) is 24.2 Å². The largest absolute Gasteiger partial charge is 0.391 e. The van der Waals surface area contributed by atoms with Crippen molar-refractivity contribution in [2.45, 2.75) is 19.4 Å². The molecule has 0 aliphatic heterocycles. The molecule has 0 aromatic heterocycles. The molecule has 1 aromatic carbocycles. The lowest BCUT2D eigenvalue weighted by Crippen LogP contribution is -2.52. The molecule has 1 aromatic rings. The summed E-state index contributed by atoms with van der Waals surface area (Å²) in [6, 6.07) is 7.36. The van der Waals surface area contributed by atoms with E-state index >= 15 is 0 Å². The third kappa shape index (κ3) is 3.15. The first kappa shape index (κ1) is 13.4. The number of hydrogen-bond donors (Lipinski definition) is 2. The fourth-order valence-corrected chi connectivity index (χ4v) is 1.74. The molecule has 0 saturated carbocycles. The van der Waals surface area contributed by atoms with Gasteiger partial charge in [-0.15, -0.1) is 0 Å². The van der Waals surface area contributed by atoms with Crippen molar-refractivity contribution in [3.63, 3.8) is 0 Å². The zero-order chi connectivity index (χ0) is 12.3. The number of amides is 1. The fraction of sp³-hybridized carbons (Fsp3) is 0.273. The highest BCUT2D eigenvalue weighted by molar-refractivity contribution is 14.1. The molecular formula is C11H13IN2OS. The van der Waals surface area contributed by atoms with Gasteiger partial charge in [0, 0.05) is 3.57 Å². The van der Waals surface area contributed by atoms with Crippen LogP contribution in [0.15, 0.2) is 24.3 Å². The smallest absolute Gasteiger partial charge is 0.253 e. The molecular weight excluding hydrogens is 335 g/mol. The molecule has 16 heavy (non-hydrogen) atoms. The number of nitrogens with one attached hydrogen (secondary N) is 1. The van der Waals surface area contributed by atoms with Crippen LogP contribution in [-0.4, -0.2) is 16.4 Å². The van der Waals surface area contributed by atoms with Gasteiger partial charge in [-0.1, -0.05) is 24.4 Å². The molecule has 0 heterocycles. The summed E-state index contributed by atoms with van der Waals surface area (Å²) in [5.41, 5.74) is 5.51. The molecule has 0 bridgehead atoms. The minimum absolute atomic E-state index is 0.164. The number of rotatable bonds is 3. The van der Waals surface area contributed by atoms with Crippen molar-refractivity contribution in [3.8, 4) is 0 Å². The van der Waals surface area contributed by atoms with Crippen LogP contribution in [0, 0.1) is 3.57 Å². The monoisotopic (exact) mass is 348 g/mol. The summed E-state index contributed by atoms with van der Waals surface area (Å²) >= 11 is 7.01. The van der Waals surface area contributed by atoms with Crippen LogP contribution in [0.2, 0.25) is 0 Å². The van der Waals surface area contributed by atoms with Crippen LogP contribution in [0.25, 0.3) is 0 Å². The Morgan fingerprint density at radius 2 is 2.00 bits per heavy atom. The number of nitrogens with two attached hydrogens (primary N) is 1. The van der Waals surface area contributed by atoms with Crippen molar-refractivity contribution in [3.05, 3.63) is 33.4 Å². The van der Waals surface area contributed by atoms with Crippen molar-refractivity contribution in [1.82, 2.24) is 5.32 Å². The molecule has 1 amide bonds. The summed E-state index contributed by atoms with van der Waals surface area (Å²) in [6.45, 7) is 3.56. The van der Waals surface area contributed by atoms with Crippen molar-refractivity contribution in [2.75, 3.05) is 0 Å². The molecule has 0 saturated heterocycles. The molecule has 0 spiro atoms. The van der Waals surface area contributed by atoms with E-state index in [1.807, 2.05) is 18.2 Å². The number of carbonyl (C=O) groups excluding carboxylic acids is 1. The second-order valence-electron chi connectivity index (χ2n) is 3.92. The maximum Gasteiger partial charge on any atom is 0.253 e. The fourth-order valence-electron chi connectivity index (χ4n) is 1.06. The number of thiocarbonyl (C=S) groups is 1. The molecule has 0 aliphatic carbocycles. The lowest BCUT2D eigenvalue weighted by Gasteiger charge is -2.24. The van der Waals surface area contributed by atoms with Gasteiger partial charge in [0.1, 0.15) is 0 Å². The maximum absolute atomic E-state index is 12.0. The molecule has 3 nitrogen and oxygen atoms in total. The van der Waals surface area contributed by atoms with Crippen LogP contribution in [0.4, 0.5) is 0 Å². The summed E-state index contributed by atoms with van der Waals surface area (Å²) in [6.07, 6.45) is 0. The van der Waals surface area contributed by atoms with Crippen LogP contribution in [-0.2, 0) is 0 Å². The second kappa shape index (κ2) is 5.09. The number of halogens is 1. The first-order valence-corrected chi connectivity index (χ1v) is 6.20. The number of carbonyl (C=O) groups is 1. The van der Waals surface area contributed by atoms with Gasteiger partial charge in [-0.05, 0) is 48.6 Å². The van der Waals surface area contributed by atoms with Gasteiger partial charge in [0.15, 0.2) is 0 Å². The van der Waals surface area contributed by atoms with Crippen molar-refractivity contribution < 1.29 is 4.79 Å². The lowest BCUT2D eigenvalue weighted by atomic mass is 10.1. The average Bonchev–Trinajstić information content (AvgIpc) is 2.17. The Morgan fingerprint density at radius 3 is 2.50 bits per heavy atom. The highest BCUT2D eigenvalue weighted by atomic mass is 127. The minimum atomic E-state index is -0.675. The molecule has 0 aliphatic rings. The van der Waals surface area contributed by atoms with Gasteiger partial charge >= 0.3 is 0 Å². The zero-order valence-electron chi connectivity index (χ0n) is 9.08. The van der Waals surface area contributed by atoms with Gasteiger partial charge in [0.2, 0.25) is 0 Å². The Balaban J connectivity index is 2.89. The molecule has 1 rings (SSSR count). The molecule has 86 valence electrons. The maximum atomic E-state index is 12.0. The number of benzene rings is 1. The summed E-state index contributed by atoms with van der Waals surface area (Å²) in [5.74, 6) is -0.164. The van der Waals surface area contributed by atoms with E-state index in [2.05, 4.69) is 27.9 Å². The minimum Gasteiger partial charge on any atom is -0.391 e. The van der Waals surface area contributed by atoms with Gasteiger partial charge in [-0.3, -0.25) is 4.79 Å². The van der Waals surface area contributed by atoms with Gasteiger partial charge in [-0.2, -0.15) is 0 Å². The average molecular weight is 348 g/mol. The van der Waals surface area contributed by atoms with Crippen molar-refractivity contribution >= 4 is 45.7 Å². The van der Waals surface area contributed by atoms with Crippen LogP contribution < -0.4 is 11.1 Å². The van der Waals surface area contributed by atoms with Crippen molar-refractivity contribution in [1.29, 1.82) is 0 Å². The third-order valence-electron chi connectivity index (χ3n) is 2.16. The zero-order valence-corrected chi connectivity index (χ0v) is 12.1. The van der Waals surface area contributed by atoms with Crippen molar-refractivity contribution in [2.24, 2.45) is 5.73 Å². The third-order valence-corrected chi connectivity index (χ3v) is 3.61. The number of hydrogen-bond acceptors (Lipinski definition) is 2. The molecule has 3 N–H and O–H groups in total. The van der Waals surface area contributed by atoms with E-state index in [4.69, 9.17) is 18.0 Å². The van der Waals surface area contributed by atoms with E-state index in [0.717, 1.165) is 3.57 Å². The normalized spacial score (nSPS) is 10.9. The van der Waals surface area contributed by atoms with Gasteiger partial charge < -0.3 is 11.1 Å². The standard InChI is InChI=1S/C11H13IN2OS/c1-11(2,10(13)16)14-9(15)7-5-3-4-6-8(7)12/h3-6H,1-2H3,(H2,13,16)(H,14,15). The summed E-state index contributed by atoms with van der Waals surface area (Å²) in [5, 5.41) is 2.80. The molecule has 0 fully saturated rings. The van der Waals surface area contributed by atoms with E-state index < -0.39 is 5.54 Å². The second-order valence-corrected chi connectivity index (χ2v) is 5.53. The Hall–Kier alpha value is -0.690. The van der Waals surface area contributed by atoms with E-state index in [9.17, 15) is 4.79 Å². The summed E-state index contributed by atoms with van der Waals surface area (Å²) in [7, 11) is 0. The first-order chi connectivity index (χ1) is 7.34. The van der Waals surface area contributed by atoms with Gasteiger partial charge in [0.25, 0.3) is 5.91 Å². The van der Waals surface area contributed by atoms with Crippen LogP contribution in [0.3, 0.4) is 0 Å². The van der Waals surface area contributed by atoms with Gasteiger partial charge in [0.05, 0.1) is 16.1 Å². The molecule has 0 unspecified atom stereocenters. The van der Waals surface area contributed by atoms with Crippen LogP contribution in [0.5, 0.6) is 0 Å². The lowest BCUT2D eigenvalue weighted by molar-refractivity contribution is 0.0931. The van der Waals surface area contributed by atoms with Crippen LogP contribution >= 0.6 is 34.8 Å². The first-order valence-electron chi connectivity index (χ1n) is 4.71. The Labute approximate surface area is 114 Å². The van der Waals surface area contributed by atoms with E-state index in [0.29, 0.717) is 5.56 Å². The van der Waals surface area contributed by atoms with E-state index in [-0.39, 0.29) is 10.9 Å². The topological polar surface area (TPSA) is 55.1 Å². The van der Waals surface area contributed by atoms with E-state index in [1.165, 1.54) is 0 Å².